The zero-order valence-corrected chi connectivity index (χ0v) is 26.9. The van der Waals surface area contributed by atoms with Crippen molar-refractivity contribution >= 4 is 15.9 Å². The predicted molar refractivity (Wildman–Crippen MR) is 165 cm³/mol. The van der Waals surface area contributed by atoms with Crippen LogP contribution in [0, 0.1) is 12.8 Å². The number of nitrogens with zero attached hydrogens (tertiary/aromatic N) is 1. The molecule has 2 aromatic rings. The molecule has 0 saturated heterocycles. The van der Waals surface area contributed by atoms with Gasteiger partial charge in [0.1, 0.15) is 5.75 Å². The topological polar surface area (TPSA) is 89.4 Å². The first-order chi connectivity index (χ1) is 19.1. The van der Waals surface area contributed by atoms with Crippen LogP contribution in [0.2, 0.25) is 0 Å². The van der Waals surface area contributed by atoms with Gasteiger partial charge in [-0.1, -0.05) is 52.9 Å². The number of nitrogens with one attached hydrogen (secondary N) is 2. The second-order valence-corrected chi connectivity index (χ2v) is 16.4. The van der Waals surface area contributed by atoms with E-state index in [4.69, 9.17) is 4.74 Å². The van der Waals surface area contributed by atoms with Gasteiger partial charge in [-0.25, -0.2) is 13.1 Å². The van der Waals surface area contributed by atoms with Crippen molar-refractivity contribution in [2.24, 2.45) is 5.92 Å². The van der Waals surface area contributed by atoms with Crippen LogP contribution in [0.3, 0.4) is 0 Å². The summed E-state index contributed by atoms with van der Waals surface area (Å²) in [6, 6.07) is 4.62. The van der Waals surface area contributed by atoms with Crippen LogP contribution in [-0.2, 0) is 27.3 Å². The van der Waals surface area contributed by atoms with E-state index in [-0.39, 0.29) is 23.3 Å². The first-order valence-corrected chi connectivity index (χ1v) is 17.3. The summed E-state index contributed by atoms with van der Waals surface area (Å²) < 4.78 is 34.9. The van der Waals surface area contributed by atoms with Gasteiger partial charge in [0.15, 0.2) is 0 Å². The van der Waals surface area contributed by atoms with Crippen molar-refractivity contribution in [2.75, 3.05) is 19.4 Å². The Labute approximate surface area is 246 Å². The number of carbonyl (C=O) groups excluding carboxylic acids is 1. The second kappa shape index (κ2) is 10.7. The van der Waals surface area contributed by atoms with Gasteiger partial charge in [0.2, 0.25) is 10.0 Å². The van der Waals surface area contributed by atoms with Crippen molar-refractivity contribution in [2.45, 2.75) is 116 Å². The Kier molecular flexibility index (Phi) is 7.90. The van der Waals surface area contributed by atoms with E-state index in [9.17, 15) is 13.2 Å². The van der Waals surface area contributed by atoms with Crippen LogP contribution >= 0.6 is 0 Å². The minimum atomic E-state index is -3.40. The van der Waals surface area contributed by atoms with Gasteiger partial charge in [-0.3, -0.25) is 4.79 Å². The molecule has 1 amide bonds. The number of sulfonamides is 1. The highest BCUT2D eigenvalue weighted by atomic mass is 32.2. The lowest BCUT2D eigenvalue weighted by Gasteiger charge is -2.33. The highest BCUT2D eigenvalue weighted by Crippen LogP contribution is 2.58. The molecule has 3 aliphatic rings. The number of hydrogen-bond acceptors (Lipinski definition) is 4. The van der Waals surface area contributed by atoms with E-state index in [1.54, 1.807) is 13.8 Å². The number of hydrogen-bond donors (Lipinski definition) is 2. The maximum Gasteiger partial charge on any atom is 0.253 e. The summed E-state index contributed by atoms with van der Waals surface area (Å²) in [5, 5.41) is 3.01. The van der Waals surface area contributed by atoms with E-state index < -0.39 is 15.6 Å². The van der Waals surface area contributed by atoms with Crippen molar-refractivity contribution in [1.82, 2.24) is 14.6 Å². The van der Waals surface area contributed by atoms with Crippen LogP contribution in [-0.4, -0.2) is 43.8 Å². The highest BCUT2D eigenvalue weighted by Gasteiger charge is 2.49. The first-order valence-electron chi connectivity index (χ1n) is 15.4. The number of aromatic nitrogens is 1. The second-order valence-electron chi connectivity index (χ2n) is 14.6. The maximum absolute atomic E-state index is 13.6. The number of ether oxygens (including phenoxy) is 1. The zero-order valence-electron chi connectivity index (χ0n) is 26.1. The lowest BCUT2D eigenvalue weighted by molar-refractivity contribution is 0.0944. The van der Waals surface area contributed by atoms with E-state index >= 15 is 0 Å². The van der Waals surface area contributed by atoms with Crippen LogP contribution in [0.15, 0.2) is 18.3 Å². The summed E-state index contributed by atoms with van der Waals surface area (Å²) in [7, 11) is -3.40. The molecule has 1 aromatic heterocycles. The molecule has 1 aromatic carbocycles. The predicted octanol–water partition coefficient (Wildman–Crippen LogP) is 6.08. The van der Waals surface area contributed by atoms with Crippen molar-refractivity contribution in [3.8, 4) is 11.4 Å². The number of benzene rings is 1. The summed E-state index contributed by atoms with van der Waals surface area (Å²) in [6.45, 7) is 13.3. The minimum absolute atomic E-state index is 0.0857. The SMILES string of the molecule is Cc1c(C(=O)NCC(C)(C)NS(C)(=O)=O)cn(-c2cc(C(C)(C)C)c3c(c2)C2(CCO3)CC2)c1CC1CCCCC1. The van der Waals surface area contributed by atoms with E-state index in [0.717, 1.165) is 42.7 Å². The lowest BCUT2D eigenvalue weighted by atomic mass is 9.80. The van der Waals surface area contributed by atoms with Crippen molar-refractivity contribution in [1.29, 1.82) is 0 Å². The third-order valence-corrected chi connectivity index (χ3v) is 10.3. The summed E-state index contributed by atoms with van der Waals surface area (Å²) in [5.74, 6) is 1.51. The first kappa shape index (κ1) is 30.1. The molecule has 41 heavy (non-hydrogen) atoms. The molecule has 226 valence electrons. The maximum atomic E-state index is 13.6. The van der Waals surface area contributed by atoms with Crippen LogP contribution in [0.4, 0.5) is 0 Å². The Morgan fingerprint density at radius 2 is 1.76 bits per heavy atom. The Morgan fingerprint density at radius 3 is 2.37 bits per heavy atom. The minimum Gasteiger partial charge on any atom is -0.493 e. The molecule has 2 N–H and O–H groups in total. The monoisotopic (exact) mass is 583 g/mol. The molecule has 5 rings (SSSR count). The molecule has 8 heteroatoms. The van der Waals surface area contributed by atoms with Crippen molar-refractivity contribution in [3.63, 3.8) is 0 Å². The Balaban J connectivity index is 1.56. The molecule has 2 aliphatic carbocycles. The summed E-state index contributed by atoms with van der Waals surface area (Å²) in [4.78, 5) is 13.6. The van der Waals surface area contributed by atoms with E-state index in [0.29, 0.717) is 11.5 Å². The Morgan fingerprint density at radius 1 is 1.07 bits per heavy atom. The van der Waals surface area contributed by atoms with Gasteiger partial charge in [0.05, 0.1) is 18.4 Å². The third kappa shape index (κ3) is 6.53. The van der Waals surface area contributed by atoms with Gasteiger partial charge in [0.25, 0.3) is 5.91 Å². The van der Waals surface area contributed by atoms with Gasteiger partial charge in [-0.15, -0.1) is 0 Å². The summed E-state index contributed by atoms with van der Waals surface area (Å²) in [5.41, 5.74) is 5.88. The fourth-order valence-electron chi connectivity index (χ4n) is 6.96. The standard InChI is InChI=1S/C33H49N3O4S/c1-22-25(30(37)34-21-32(5,6)35-41(7,38)39)20-36(28(22)17-23-11-9-8-10-12-23)24-18-26(31(2,3)4)29-27(19-24)33(13-14-33)15-16-40-29/h18-20,23,35H,8-17,21H2,1-7H3,(H,34,37). The molecule has 2 heterocycles. The van der Waals surface area contributed by atoms with Gasteiger partial charge in [0, 0.05) is 46.2 Å². The Bertz CT molecular complexity index is 1400. The molecule has 0 bridgehead atoms. The quantitative estimate of drug-likeness (QED) is 0.394. The molecule has 0 unspecified atom stereocenters. The van der Waals surface area contributed by atoms with E-state index in [1.807, 2.05) is 6.20 Å². The molecular formula is C33H49N3O4S. The van der Waals surface area contributed by atoms with Gasteiger partial charge < -0.3 is 14.6 Å². The number of rotatable bonds is 8. The summed E-state index contributed by atoms with van der Waals surface area (Å²) in [6.07, 6.45) is 13.9. The molecule has 0 radical (unpaired) electrons. The van der Waals surface area contributed by atoms with Gasteiger partial charge >= 0.3 is 0 Å². The lowest BCUT2D eigenvalue weighted by Crippen LogP contribution is -2.51. The van der Waals surface area contributed by atoms with Crippen molar-refractivity contribution < 1.29 is 17.9 Å². The number of amides is 1. The van der Waals surface area contributed by atoms with Crippen molar-refractivity contribution in [3.05, 3.63) is 46.3 Å². The van der Waals surface area contributed by atoms with Crippen LogP contribution < -0.4 is 14.8 Å². The summed E-state index contributed by atoms with van der Waals surface area (Å²) >= 11 is 0. The fraction of sp³-hybridized carbons (Fsp3) is 0.667. The van der Waals surface area contributed by atoms with Crippen LogP contribution in [0.5, 0.6) is 5.75 Å². The number of fused-ring (bicyclic) bond motifs is 2. The van der Waals surface area contributed by atoms with Crippen LogP contribution in [0.1, 0.15) is 119 Å². The van der Waals surface area contributed by atoms with E-state index in [1.165, 1.54) is 61.8 Å². The molecule has 1 aliphatic heterocycles. The average molecular weight is 584 g/mol. The molecule has 1 spiro atoms. The molecule has 7 nitrogen and oxygen atoms in total. The highest BCUT2D eigenvalue weighted by molar-refractivity contribution is 7.88. The molecule has 2 fully saturated rings. The molecular weight excluding hydrogens is 534 g/mol. The third-order valence-electron chi connectivity index (χ3n) is 9.40. The van der Waals surface area contributed by atoms with Crippen LogP contribution in [0.25, 0.3) is 5.69 Å². The number of carbonyl (C=O) groups is 1. The normalized spacial score (nSPS) is 19.1. The molecule has 0 atom stereocenters. The molecule has 2 saturated carbocycles. The van der Waals surface area contributed by atoms with E-state index in [2.05, 4.69) is 54.4 Å². The Hall–Kier alpha value is -2.32. The zero-order chi connectivity index (χ0) is 29.8. The van der Waals surface area contributed by atoms with Gasteiger partial charge in [-0.2, -0.15) is 0 Å². The smallest absolute Gasteiger partial charge is 0.253 e. The largest absolute Gasteiger partial charge is 0.493 e. The fourth-order valence-corrected chi connectivity index (χ4v) is 8.04. The van der Waals surface area contributed by atoms with Gasteiger partial charge in [-0.05, 0) is 75.5 Å². The average Bonchev–Trinajstić information content (AvgIpc) is 3.57.